The molecule has 1 aliphatic heterocycles. The van der Waals surface area contributed by atoms with Crippen molar-refractivity contribution in [1.29, 1.82) is 0 Å². The number of piperidine rings is 1. The number of hydrogen-bond donors (Lipinski definition) is 3. The van der Waals surface area contributed by atoms with E-state index in [-0.39, 0.29) is 23.9 Å². The van der Waals surface area contributed by atoms with Gasteiger partial charge in [0.15, 0.2) is 0 Å². The summed E-state index contributed by atoms with van der Waals surface area (Å²) in [6, 6.07) is 21.5. The van der Waals surface area contributed by atoms with E-state index in [1.54, 1.807) is 12.1 Å². The van der Waals surface area contributed by atoms with Gasteiger partial charge in [-0.05, 0) is 80.4 Å². The maximum Gasteiger partial charge on any atom is 0.319 e. The van der Waals surface area contributed by atoms with Gasteiger partial charge < -0.3 is 15.5 Å². The summed E-state index contributed by atoms with van der Waals surface area (Å²) in [6.45, 7) is 1.02. The lowest BCUT2D eigenvalue weighted by Gasteiger charge is -2.38. The van der Waals surface area contributed by atoms with E-state index in [2.05, 4.69) is 56.8 Å². The van der Waals surface area contributed by atoms with E-state index in [1.165, 1.54) is 18.6 Å². The summed E-state index contributed by atoms with van der Waals surface area (Å²) in [7, 11) is 2.13. The van der Waals surface area contributed by atoms with E-state index in [1.807, 2.05) is 36.4 Å². The number of nitrogens with zero attached hydrogens (tertiary/aromatic N) is 2. The van der Waals surface area contributed by atoms with Crippen LogP contribution in [0.25, 0.3) is 10.9 Å². The van der Waals surface area contributed by atoms with Gasteiger partial charge in [-0.2, -0.15) is 5.10 Å². The number of aromatic nitrogens is 2. The first-order chi connectivity index (χ1) is 17.6. The first-order valence-electron chi connectivity index (χ1n) is 12.2. The number of aromatic amines is 1. The number of anilines is 1. The highest BCUT2D eigenvalue weighted by atomic mass is 19.1. The van der Waals surface area contributed by atoms with E-state index in [4.69, 9.17) is 0 Å². The Kier molecular flexibility index (Phi) is 6.96. The minimum absolute atomic E-state index is 0.119. The molecule has 2 heterocycles. The number of amides is 2. The Labute approximate surface area is 209 Å². The first-order valence-corrected chi connectivity index (χ1v) is 12.2. The molecule has 36 heavy (non-hydrogen) atoms. The first kappa shape index (κ1) is 23.6. The quantitative estimate of drug-likeness (QED) is 0.340. The molecule has 4 aromatic rings. The lowest BCUT2D eigenvalue weighted by molar-refractivity contribution is 0.147. The van der Waals surface area contributed by atoms with Crippen molar-refractivity contribution in [1.82, 2.24) is 20.4 Å². The van der Waals surface area contributed by atoms with Gasteiger partial charge in [-0.3, -0.25) is 5.10 Å². The number of likely N-dealkylation sites (tertiary alicyclic amines) is 1. The van der Waals surface area contributed by atoms with Crippen LogP contribution in [0.2, 0.25) is 0 Å². The molecular formula is C29H28FN5O. The van der Waals surface area contributed by atoms with Gasteiger partial charge in [0.1, 0.15) is 11.5 Å². The predicted molar refractivity (Wildman–Crippen MR) is 140 cm³/mol. The number of fused-ring (bicyclic) bond motifs is 1. The monoisotopic (exact) mass is 481 g/mol. The molecule has 0 aliphatic carbocycles. The third kappa shape index (κ3) is 5.40. The van der Waals surface area contributed by atoms with Crippen LogP contribution in [-0.4, -0.2) is 40.8 Å². The van der Waals surface area contributed by atoms with Gasteiger partial charge in [0.05, 0.1) is 11.6 Å². The summed E-state index contributed by atoms with van der Waals surface area (Å²) >= 11 is 0. The molecule has 1 aliphatic rings. The average Bonchev–Trinajstić information content (AvgIpc) is 3.30. The molecule has 0 saturated carbocycles. The summed E-state index contributed by atoms with van der Waals surface area (Å²) < 4.78 is 13.2. The number of H-pyrrole nitrogens is 1. The van der Waals surface area contributed by atoms with Crippen molar-refractivity contribution in [2.24, 2.45) is 0 Å². The van der Waals surface area contributed by atoms with Crippen molar-refractivity contribution in [3.05, 3.63) is 95.4 Å². The summed E-state index contributed by atoms with van der Waals surface area (Å²) in [6.07, 6.45) is 3.37. The van der Waals surface area contributed by atoms with Crippen molar-refractivity contribution < 1.29 is 9.18 Å². The third-order valence-corrected chi connectivity index (χ3v) is 6.64. The van der Waals surface area contributed by atoms with Crippen LogP contribution in [0.5, 0.6) is 0 Å². The minimum Gasteiger partial charge on any atom is -0.329 e. The van der Waals surface area contributed by atoms with Crippen molar-refractivity contribution in [3.8, 4) is 11.8 Å². The van der Waals surface area contributed by atoms with Crippen LogP contribution in [0.1, 0.15) is 42.1 Å². The molecule has 6 nitrogen and oxygen atoms in total. The lowest BCUT2D eigenvalue weighted by atomic mass is 9.91. The zero-order chi connectivity index (χ0) is 24.9. The fourth-order valence-electron chi connectivity index (χ4n) is 4.74. The molecule has 2 amide bonds. The number of urea groups is 1. The molecule has 1 fully saturated rings. The fraction of sp³-hybridized carbons (Fsp3) is 0.241. The number of likely N-dealkylation sites (N-methyl/N-ethyl adjacent to an activating group) is 1. The lowest BCUT2D eigenvalue weighted by Crippen LogP contribution is -2.47. The van der Waals surface area contributed by atoms with E-state index in [9.17, 15) is 9.18 Å². The van der Waals surface area contributed by atoms with Crippen LogP contribution >= 0.6 is 0 Å². The van der Waals surface area contributed by atoms with Crippen LogP contribution in [0.4, 0.5) is 14.9 Å². The summed E-state index contributed by atoms with van der Waals surface area (Å²) in [5.74, 6) is 5.78. The molecule has 1 saturated heterocycles. The number of benzene rings is 3. The Hall–Kier alpha value is -4.15. The predicted octanol–water partition coefficient (Wildman–Crippen LogP) is 5.45. The molecule has 7 heteroatoms. The van der Waals surface area contributed by atoms with Crippen molar-refractivity contribution in [2.75, 3.05) is 18.9 Å². The van der Waals surface area contributed by atoms with Gasteiger partial charge in [-0.1, -0.05) is 42.7 Å². The standard InChI is InChI=1S/C29H28FN5O/c1-35-18-6-5-9-27(35)28(21-7-3-2-4-8-21)32-29(36)31-23-15-17-26-24(19-23)25(33-34-26)16-12-20-10-13-22(30)14-11-20/h2-4,7-8,10-11,13-15,17,19,27-28H,5-6,9,18H2,1H3,(H,33,34)(H2,31,32,36)/t27-,28-/m1/s1. The van der Waals surface area contributed by atoms with Crippen molar-refractivity contribution in [2.45, 2.75) is 31.3 Å². The zero-order valence-electron chi connectivity index (χ0n) is 20.1. The maximum absolute atomic E-state index is 13.2. The van der Waals surface area contributed by atoms with Crippen molar-refractivity contribution >= 4 is 22.6 Å². The average molecular weight is 482 g/mol. The van der Waals surface area contributed by atoms with E-state index in [0.717, 1.165) is 35.9 Å². The number of rotatable bonds is 4. The largest absolute Gasteiger partial charge is 0.329 e. The Morgan fingerprint density at radius 3 is 2.67 bits per heavy atom. The van der Waals surface area contributed by atoms with Gasteiger partial charge in [-0.15, -0.1) is 0 Å². The topological polar surface area (TPSA) is 73.1 Å². The third-order valence-electron chi connectivity index (χ3n) is 6.64. The van der Waals surface area contributed by atoms with Crippen LogP contribution in [0, 0.1) is 17.7 Å². The molecule has 2 atom stereocenters. The molecular weight excluding hydrogens is 453 g/mol. The van der Waals surface area contributed by atoms with Crippen LogP contribution in [-0.2, 0) is 0 Å². The zero-order valence-corrected chi connectivity index (χ0v) is 20.1. The van der Waals surface area contributed by atoms with Gasteiger partial charge in [0.25, 0.3) is 0 Å². The fourth-order valence-corrected chi connectivity index (χ4v) is 4.74. The summed E-state index contributed by atoms with van der Waals surface area (Å²) in [4.78, 5) is 15.5. The van der Waals surface area contributed by atoms with Crippen LogP contribution < -0.4 is 10.6 Å². The number of halogens is 1. The van der Waals surface area contributed by atoms with Crippen molar-refractivity contribution in [3.63, 3.8) is 0 Å². The molecule has 0 radical (unpaired) electrons. The Morgan fingerprint density at radius 2 is 1.89 bits per heavy atom. The minimum atomic E-state index is -0.300. The van der Waals surface area contributed by atoms with Crippen LogP contribution in [0.15, 0.2) is 72.8 Å². The highest BCUT2D eigenvalue weighted by Crippen LogP contribution is 2.28. The smallest absolute Gasteiger partial charge is 0.319 e. The second-order valence-corrected chi connectivity index (χ2v) is 9.12. The molecule has 1 aromatic heterocycles. The van der Waals surface area contributed by atoms with E-state index >= 15 is 0 Å². The Balaban J connectivity index is 1.34. The molecule has 182 valence electrons. The second-order valence-electron chi connectivity index (χ2n) is 9.12. The highest BCUT2D eigenvalue weighted by molar-refractivity contribution is 5.94. The van der Waals surface area contributed by atoms with Gasteiger partial charge in [0.2, 0.25) is 0 Å². The summed E-state index contributed by atoms with van der Waals surface area (Å²) in [5, 5.41) is 14.2. The number of hydrogen-bond acceptors (Lipinski definition) is 3. The molecule has 0 bridgehead atoms. The number of carbonyl (C=O) groups excluding carboxylic acids is 1. The van der Waals surface area contributed by atoms with Crippen LogP contribution in [0.3, 0.4) is 0 Å². The van der Waals surface area contributed by atoms with Gasteiger partial charge in [0, 0.05) is 22.7 Å². The normalized spacial score (nSPS) is 16.7. The Morgan fingerprint density at radius 1 is 1.08 bits per heavy atom. The molecule has 3 aromatic carbocycles. The van der Waals surface area contributed by atoms with E-state index < -0.39 is 0 Å². The number of carbonyl (C=O) groups is 1. The molecule has 3 N–H and O–H groups in total. The highest BCUT2D eigenvalue weighted by Gasteiger charge is 2.30. The molecule has 5 rings (SSSR count). The second kappa shape index (κ2) is 10.6. The molecule has 0 unspecified atom stereocenters. The molecule has 0 spiro atoms. The Bertz CT molecular complexity index is 1400. The van der Waals surface area contributed by atoms with Gasteiger partial charge >= 0.3 is 6.03 Å². The van der Waals surface area contributed by atoms with Gasteiger partial charge in [-0.25, -0.2) is 9.18 Å². The SMILES string of the molecule is CN1CCCC[C@@H]1[C@H](NC(=O)Nc1ccc2n[nH]c(C#Cc3ccc(F)cc3)c2c1)c1ccccc1. The van der Waals surface area contributed by atoms with E-state index in [0.29, 0.717) is 16.9 Å². The maximum atomic E-state index is 13.2. The summed E-state index contributed by atoms with van der Waals surface area (Å²) in [5.41, 5.74) is 3.82. The number of nitrogens with one attached hydrogen (secondary N) is 3.